The molecule has 0 unspecified atom stereocenters. The summed E-state index contributed by atoms with van der Waals surface area (Å²) in [5.74, 6) is 1.78. The normalized spacial score (nSPS) is 14.4. The molecule has 0 bridgehead atoms. The quantitative estimate of drug-likeness (QED) is 0.547. The highest BCUT2D eigenvalue weighted by Crippen LogP contribution is 2.37. The number of nitrogens with zero attached hydrogens (tertiary/aromatic N) is 1. The summed E-state index contributed by atoms with van der Waals surface area (Å²) in [6.07, 6.45) is 1.59. The van der Waals surface area contributed by atoms with Gasteiger partial charge in [-0.25, -0.2) is 0 Å². The van der Waals surface area contributed by atoms with E-state index >= 15 is 0 Å². The molecule has 0 fully saturated rings. The van der Waals surface area contributed by atoms with Crippen molar-refractivity contribution in [3.8, 4) is 5.75 Å². The lowest BCUT2D eigenvalue weighted by Crippen LogP contribution is -2.34. The molecule has 2 aromatic rings. The van der Waals surface area contributed by atoms with Crippen LogP contribution in [0.5, 0.6) is 5.75 Å². The summed E-state index contributed by atoms with van der Waals surface area (Å²) in [7, 11) is 1.54. The number of amides is 2. The predicted octanol–water partition coefficient (Wildman–Crippen LogP) is 3.97. The van der Waals surface area contributed by atoms with Crippen LogP contribution in [-0.2, 0) is 20.1 Å². The van der Waals surface area contributed by atoms with E-state index in [9.17, 15) is 9.59 Å². The summed E-state index contributed by atoms with van der Waals surface area (Å²) in [5, 5.41) is 0. The van der Waals surface area contributed by atoms with Crippen LogP contribution in [0, 0.1) is 5.92 Å². The molecule has 2 amide bonds. The molecule has 0 saturated heterocycles. The van der Waals surface area contributed by atoms with Gasteiger partial charge in [0.2, 0.25) is 0 Å². The van der Waals surface area contributed by atoms with E-state index in [1.807, 2.05) is 30.3 Å². The Hall–Kier alpha value is -2.51. The van der Waals surface area contributed by atoms with E-state index in [1.54, 1.807) is 19.4 Å². The first-order valence-electron chi connectivity index (χ1n) is 9.49. The lowest BCUT2D eigenvalue weighted by atomic mass is 10.1. The van der Waals surface area contributed by atoms with Crippen molar-refractivity contribution in [3.05, 3.63) is 58.9 Å². The summed E-state index contributed by atoms with van der Waals surface area (Å²) in [6.45, 7) is 5.30. The van der Waals surface area contributed by atoms with Gasteiger partial charge >= 0.3 is 0 Å². The number of thioether (sulfide) groups is 1. The zero-order valence-corrected chi connectivity index (χ0v) is 17.7. The molecule has 0 N–H and O–H groups in total. The number of imide groups is 1. The first kappa shape index (κ1) is 21.2. The van der Waals surface area contributed by atoms with Crippen molar-refractivity contribution in [2.75, 3.05) is 26.9 Å². The largest absolute Gasteiger partial charge is 0.493 e. The molecule has 0 saturated carbocycles. The van der Waals surface area contributed by atoms with Crippen LogP contribution in [0.1, 0.15) is 25.2 Å². The third-order valence-electron chi connectivity index (χ3n) is 4.31. The summed E-state index contributed by atoms with van der Waals surface area (Å²) < 4.78 is 16.1. The third-order valence-corrected chi connectivity index (χ3v) is 5.41. The summed E-state index contributed by atoms with van der Waals surface area (Å²) in [5.41, 5.74) is 1.11. The van der Waals surface area contributed by atoms with Crippen molar-refractivity contribution in [3.63, 3.8) is 0 Å². The van der Waals surface area contributed by atoms with Crippen molar-refractivity contribution >= 4 is 29.1 Å². The van der Waals surface area contributed by atoms with Crippen LogP contribution in [0.2, 0.25) is 0 Å². The SMILES string of the molecule is COCCN1C(=O)C(SCc2ccco2)=C(c2ccc(OCC(C)C)cc2)C1=O. The number of rotatable bonds is 10. The molecule has 2 heterocycles. The summed E-state index contributed by atoms with van der Waals surface area (Å²) in [4.78, 5) is 27.6. The van der Waals surface area contributed by atoms with Gasteiger partial charge in [0.25, 0.3) is 11.8 Å². The fraction of sp³-hybridized carbons (Fsp3) is 0.364. The van der Waals surface area contributed by atoms with Gasteiger partial charge in [-0.2, -0.15) is 0 Å². The minimum atomic E-state index is -0.301. The van der Waals surface area contributed by atoms with Gasteiger partial charge < -0.3 is 13.9 Å². The number of furan rings is 1. The Morgan fingerprint density at radius 2 is 1.86 bits per heavy atom. The van der Waals surface area contributed by atoms with Crippen molar-refractivity contribution in [2.45, 2.75) is 19.6 Å². The second-order valence-electron chi connectivity index (χ2n) is 7.06. The third kappa shape index (κ3) is 5.10. The Bertz CT molecular complexity index is 871. The molecular formula is C22H25NO5S. The van der Waals surface area contributed by atoms with Crippen LogP contribution >= 0.6 is 11.8 Å². The summed E-state index contributed by atoms with van der Waals surface area (Å²) >= 11 is 1.31. The first-order chi connectivity index (χ1) is 14.0. The Morgan fingerprint density at radius 1 is 1.10 bits per heavy atom. The molecule has 0 atom stereocenters. The molecule has 7 heteroatoms. The van der Waals surface area contributed by atoms with E-state index in [0.29, 0.717) is 40.9 Å². The van der Waals surface area contributed by atoms with Crippen molar-refractivity contribution < 1.29 is 23.5 Å². The zero-order valence-electron chi connectivity index (χ0n) is 16.8. The minimum absolute atomic E-state index is 0.220. The van der Waals surface area contributed by atoms with E-state index < -0.39 is 0 Å². The lowest BCUT2D eigenvalue weighted by Gasteiger charge is -2.14. The Balaban J connectivity index is 1.86. The fourth-order valence-corrected chi connectivity index (χ4v) is 3.88. The molecule has 154 valence electrons. The maximum atomic E-state index is 13.0. The topological polar surface area (TPSA) is 69.0 Å². The first-order valence-corrected chi connectivity index (χ1v) is 10.5. The van der Waals surface area contributed by atoms with E-state index in [4.69, 9.17) is 13.9 Å². The number of hydrogen-bond donors (Lipinski definition) is 0. The maximum Gasteiger partial charge on any atom is 0.268 e. The van der Waals surface area contributed by atoms with E-state index in [-0.39, 0.29) is 18.4 Å². The average molecular weight is 416 g/mol. The smallest absolute Gasteiger partial charge is 0.268 e. The van der Waals surface area contributed by atoms with Crippen LogP contribution in [-0.4, -0.2) is 43.6 Å². The van der Waals surface area contributed by atoms with Gasteiger partial charge in [-0.1, -0.05) is 26.0 Å². The number of hydrogen-bond acceptors (Lipinski definition) is 6. The van der Waals surface area contributed by atoms with Crippen molar-refractivity contribution in [1.82, 2.24) is 4.90 Å². The van der Waals surface area contributed by atoms with E-state index in [1.165, 1.54) is 16.7 Å². The van der Waals surface area contributed by atoms with Gasteiger partial charge in [0.15, 0.2) is 0 Å². The molecule has 29 heavy (non-hydrogen) atoms. The standard InChI is InChI=1S/C22H25NO5S/c1-15(2)13-28-17-8-6-16(7-9-17)19-20(29-14-18-5-4-11-27-18)22(25)23(21(19)24)10-12-26-3/h4-9,11,15H,10,12-14H2,1-3H3. The van der Waals surface area contributed by atoms with Gasteiger partial charge in [-0.15, -0.1) is 11.8 Å². The Morgan fingerprint density at radius 3 is 2.48 bits per heavy atom. The van der Waals surface area contributed by atoms with Crippen LogP contribution < -0.4 is 4.74 Å². The van der Waals surface area contributed by atoms with Gasteiger partial charge in [0.05, 0.1) is 42.3 Å². The molecule has 0 spiro atoms. The Kier molecular flexibility index (Phi) is 7.17. The number of carbonyl (C=O) groups excluding carboxylic acids is 2. The predicted molar refractivity (Wildman–Crippen MR) is 112 cm³/mol. The highest BCUT2D eigenvalue weighted by molar-refractivity contribution is 8.03. The second-order valence-corrected chi connectivity index (χ2v) is 8.04. The van der Waals surface area contributed by atoms with Crippen LogP contribution in [0.4, 0.5) is 0 Å². The zero-order chi connectivity index (χ0) is 20.8. The number of ether oxygens (including phenoxy) is 2. The van der Waals surface area contributed by atoms with Gasteiger partial charge in [0.1, 0.15) is 11.5 Å². The molecule has 1 aliphatic heterocycles. The van der Waals surface area contributed by atoms with Gasteiger partial charge in [0, 0.05) is 7.11 Å². The van der Waals surface area contributed by atoms with Gasteiger partial charge in [-0.05, 0) is 35.7 Å². The highest BCUT2D eigenvalue weighted by Gasteiger charge is 2.39. The minimum Gasteiger partial charge on any atom is -0.493 e. The summed E-state index contributed by atoms with van der Waals surface area (Å²) in [6, 6.07) is 10.9. The van der Waals surface area contributed by atoms with Gasteiger partial charge in [-0.3, -0.25) is 14.5 Å². The fourth-order valence-electron chi connectivity index (χ4n) is 2.85. The maximum absolute atomic E-state index is 13.0. The molecule has 1 aromatic heterocycles. The van der Waals surface area contributed by atoms with Crippen molar-refractivity contribution in [1.29, 1.82) is 0 Å². The molecule has 3 rings (SSSR count). The van der Waals surface area contributed by atoms with E-state index in [0.717, 1.165) is 11.5 Å². The van der Waals surface area contributed by atoms with E-state index in [2.05, 4.69) is 13.8 Å². The molecule has 1 aromatic carbocycles. The molecular weight excluding hydrogens is 390 g/mol. The number of carbonyl (C=O) groups is 2. The average Bonchev–Trinajstić information content (AvgIpc) is 3.30. The molecule has 0 radical (unpaired) electrons. The monoisotopic (exact) mass is 415 g/mol. The Labute approximate surface area is 174 Å². The lowest BCUT2D eigenvalue weighted by molar-refractivity contribution is -0.137. The van der Waals surface area contributed by atoms with Crippen molar-refractivity contribution in [2.24, 2.45) is 5.92 Å². The van der Waals surface area contributed by atoms with Crippen LogP contribution in [0.25, 0.3) is 5.57 Å². The van der Waals surface area contributed by atoms with Crippen LogP contribution in [0.3, 0.4) is 0 Å². The van der Waals surface area contributed by atoms with Crippen LogP contribution in [0.15, 0.2) is 52.0 Å². The molecule has 0 aliphatic carbocycles. The number of methoxy groups -OCH3 is 1. The highest BCUT2D eigenvalue weighted by atomic mass is 32.2. The second kappa shape index (κ2) is 9.80. The molecule has 6 nitrogen and oxygen atoms in total. The number of benzene rings is 1. The molecule has 1 aliphatic rings.